The lowest BCUT2D eigenvalue weighted by Crippen LogP contribution is -2.58. The standard InChI is InChI=1S/C20H23NO5S/c1-14-8-10-16(11-9-14)27(24,25)18-12-17(26-2)19(22)21(20(18)23)13-15-6-4-3-5-7-15/h3-11,17-19,22H,12-13H2,1-2H3/t17-,18-,19?/m1/s1. The third kappa shape index (κ3) is 3.90. The Kier molecular flexibility index (Phi) is 5.64. The largest absolute Gasteiger partial charge is 0.377 e. The number of carbonyl (C=O) groups is 1. The summed E-state index contributed by atoms with van der Waals surface area (Å²) in [4.78, 5) is 14.3. The fraction of sp³-hybridized carbons (Fsp3) is 0.350. The van der Waals surface area contributed by atoms with E-state index in [2.05, 4.69) is 0 Å². The predicted octanol–water partition coefficient (Wildman–Crippen LogP) is 1.90. The van der Waals surface area contributed by atoms with Gasteiger partial charge in [-0.1, -0.05) is 48.0 Å². The van der Waals surface area contributed by atoms with E-state index in [0.29, 0.717) is 0 Å². The zero-order valence-corrected chi connectivity index (χ0v) is 16.1. The molecule has 2 aromatic rings. The van der Waals surface area contributed by atoms with Crippen LogP contribution in [-0.4, -0.2) is 49.0 Å². The summed E-state index contributed by atoms with van der Waals surface area (Å²) in [7, 11) is -2.50. The number of nitrogens with zero attached hydrogens (tertiary/aromatic N) is 1. The lowest BCUT2D eigenvalue weighted by atomic mass is 10.0. The molecule has 2 aromatic carbocycles. The molecule has 1 fully saturated rings. The summed E-state index contributed by atoms with van der Waals surface area (Å²) in [6, 6.07) is 15.5. The highest BCUT2D eigenvalue weighted by Gasteiger charge is 2.47. The molecule has 144 valence electrons. The summed E-state index contributed by atoms with van der Waals surface area (Å²) in [5, 5.41) is 9.24. The molecule has 0 radical (unpaired) electrons. The highest BCUT2D eigenvalue weighted by atomic mass is 32.2. The normalized spacial score (nSPS) is 23.4. The smallest absolute Gasteiger partial charge is 0.243 e. The Balaban J connectivity index is 1.95. The van der Waals surface area contributed by atoms with E-state index in [1.54, 1.807) is 12.1 Å². The number of piperidine rings is 1. The number of aliphatic hydroxyl groups is 1. The first kappa shape index (κ1) is 19.5. The molecule has 27 heavy (non-hydrogen) atoms. The monoisotopic (exact) mass is 389 g/mol. The molecular formula is C20H23NO5S. The summed E-state index contributed by atoms with van der Waals surface area (Å²) in [6.07, 6.45) is -2.07. The average Bonchev–Trinajstić information content (AvgIpc) is 2.66. The fourth-order valence-corrected chi connectivity index (χ4v) is 4.96. The molecule has 6 nitrogen and oxygen atoms in total. The lowest BCUT2D eigenvalue weighted by Gasteiger charge is -2.40. The third-order valence-electron chi connectivity index (χ3n) is 4.88. The van der Waals surface area contributed by atoms with Crippen LogP contribution in [0.2, 0.25) is 0 Å². The molecule has 0 saturated carbocycles. The molecule has 7 heteroatoms. The second kappa shape index (κ2) is 7.80. The van der Waals surface area contributed by atoms with Crippen LogP contribution in [-0.2, 0) is 25.9 Å². The second-order valence-corrected chi connectivity index (χ2v) is 8.85. The number of rotatable bonds is 5. The Morgan fingerprint density at radius 3 is 2.33 bits per heavy atom. The van der Waals surface area contributed by atoms with Crippen LogP contribution in [0.1, 0.15) is 17.5 Å². The number of sulfone groups is 1. The Bertz CT molecular complexity index is 896. The van der Waals surface area contributed by atoms with Crippen molar-refractivity contribution in [3.8, 4) is 0 Å². The van der Waals surface area contributed by atoms with Crippen LogP contribution in [0.3, 0.4) is 0 Å². The number of carbonyl (C=O) groups excluding carboxylic acids is 1. The lowest BCUT2D eigenvalue weighted by molar-refractivity contribution is -0.165. The number of hydrogen-bond donors (Lipinski definition) is 1. The van der Waals surface area contributed by atoms with Crippen molar-refractivity contribution in [2.75, 3.05) is 7.11 Å². The van der Waals surface area contributed by atoms with Crippen LogP contribution in [0.15, 0.2) is 59.5 Å². The summed E-state index contributed by atoms with van der Waals surface area (Å²) in [5.41, 5.74) is 1.73. The van der Waals surface area contributed by atoms with Gasteiger partial charge in [0.1, 0.15) is 11.4 Å². The quantitative estimate of drug-likeness (QED) is 0.844. The molecular weight excluding hydrogens is 366 g/mol. The molecule has 0 spiro atoms. The topological polar surface area (TPSA) is 83.9 Å². The zero-order chi connectivity index (χ0) is 19.6. The minimum absolute atomic E-state index is 0.0853. The zero-order valence-electron chi connectivity index (χ0n) is 15.3. The molecule has 0 bridgehead atoms. The van der Waals surface area contributed by atoms with Gasteiger partial charge in [0.05, 0.1) is 4.90 Å². The van der Waals surface area contributed by atoms with Crippen LogP contribution in [0.25, 0.3) is 0 Å². The van der Waals surface area contributed by atoms with Gasteiger partial charge >= 0.3 is 0 Å². The molecule has 1 N–H and O–H groups in total. The number of methoxy groups -OCH3 is 1. The van der Waals surface area contributed by atoms with Crippen LogP contribution < -0.4 is 0 Å². The summed E-state index contributed by atoms with van der Waals surface area (Å²) >= 11 is 0. The number of aryl methyl sites for hydroxylation is 1. The number of benzene rings is 2. The first-order valence-corrected chi connectivity index (χ1v) is 10.2. The van der Waals surface area contributed by atoms with Gasteiger partial charge in [0.2, 0.25) is 5.91 Å². The van der Waals surface area contributed by atoms with Gasteiger partial charge in [0.25, 0.3) is 0 Å². The van der Waals surface area contributed by atoms with E-state index in [4.69, 9.17) is 4.74 Å². The molecule has 1 amide bonds. The maximum Gasteiger partial charge on any atom is 0.243 e. The van der Waals surface area contributed by atoms with Gasteiger partial charge in [0.15, 0.2) is 16.1 Å². The Morgan fingerprint density at radius 1 is 1.11 bits per heavy atom. The van der Waals surface area contributed by atoms with Crippen molar-refractivity contribution in [3.63, 3.8) is 0 Å². The maximum atomic E-state index is 13.1. The van der Waals surface area contributed by atoms with Crippen molar-refractivity contribution in [2.24, 2.45) is 0 Å². The highest BCUT2D eigenvalue weighted by molar-refractivity contribution is 7.92. The number of hydrogen-bond acceptors (Lipinski definition) is 5. The van der Waals surface area contributed by atoms with Gasteiger partial charge in [0, 0.05) is 20.1 Å². The van der Waals surface area contributed by atoms with E-state index < -0.39 is 33.3 Å². The third-order valence-corrected chi connectivity index (χ3v) is 6.95. The molecule has 0 aromatic heterocycles. The van der Waals surface area contributed by atoms with E-state index in [1.165, 1.54) is 24.1 Å². The summed E-state index contributed by atoms with van der Waals surface area (Å²) in [6.45, 7) is 1.97. The fourth-order valence-electron chi connectivity index (χ4n) is 3.27. The van der Waals surface area contributed by atoms with Crippen LogP contribution in [0.5, 0.6) is 0 Å². The summed E-state index contributed by atoms with van der Waals surface area (Å²) in [5.74, 6) is -0.611. The second-order valence-electron chi connectivity index (χ2n) is 6.72. The first-order valence-electron chi connectivity index (χ1n) is 8.70. The Hall–Kier alpha value is -2.22. The molecule has 1 aliphatic rings. The van der Waals surface area contributed by atoms with E-state index in [0.717, 1.165) is 11.1 Å². The number of likely N-dealkylation sites (tertiary alicyclic amines) is 1. The van der Waals surface area contributed by atoms with Gasteiger partial charge in [-0.25, -0.2) is 8.42 Å². The molecule has 1 unspecified atom stereocenters. The summed E-state index contributed by atoms with van der Waals surface area (Å²) < 4.78 is 31.5. The maximum absolute atomic E-state index is 13.1. The molecule has 1 aliphatic heterocycles. The minimum atomic E-state index is -3.90. The van der Waals surface area contributed by atoms with Crippen molar-refractivity contribution in [2.45, 2.75) is 42.4 Å². The van der Waals surface area contributed by atoms with Gasteiger partial charge in [-0.05, 0) is 24.6 Å². The van der Waals surface area contributed by atoms with Crippen molar-refractivity contribution >= 4 is 15.7 Å². The van der Waals surface area contributed by atoms with E-state index in [9.17, 15) is 18.3 Å². The predicted molar refractivity (Wildman–Crippen MR) is 101 cm³/mol. The van der Waals surface area contributed by atoms with Crippen LogP contribution in [0.4, 0.5) is 0 Å². The molecule has 0 aliphatic carbocycles. The van der Waals surface area contributed by atoms with E-state index in [1.807, 2.05) is 37.3 Å². The molecule has 1 heterocycles. The van der Waals surface area contributed by atoms with Crippen molar-refractivity contribution < 1.29 is 23.1 Å². The Labute approximate surface area is 159 Å². The Morgan fingerprint density at radius 2 is 1.74 bits per heavy atom. The first-order chi connectivity index (χ1) is 12.8. The molecule has 3 atom stereocenters. The van der Waals surface area contributed by atoms with Gasteiger partial charge in [-0.15, -0.1) is 0 Å². The van der Waals surface area contributed by atoms with E-state index >= 15 is 0 Å². The van der Waals surface area contributed by atoms with Crippen molar-refractivity contribution in [1.82, 2.24) is 4.90 Å². The van der Waals surface area contributed by atoms with Gasteiger partial charge in [-0.2, -0.15) is 0 Å². The number of ether oxygens (including phenoxy) is 1. The van der Waals surface area contributed by atoms with Crippen LogP contribution in [0, 0.1) is 6.92 Å². The van der Waals surface area contributed by atoms with Crippen molar-refractivity contribution in [1.29, 1.82) is 0 Å². The number of aliphatic hydroxyl groups excluding tert-OH is 1. The van der Waals surface area contributed by atoms with E-state index in [-0.39, 0.29) is 17.9 Å². The molecule has 1 saturated heterocycles. The highest BCUT2D eigenvalue weighted by Crippen LogP contribution is 2.30. The van der Waals surface area contributed by atoms with Crippen molar-refractivity contribution in [3.05, 3.63) is 65.7 Å². The number of amides is 1. The SMILES string of the molecule is CO[C@@H]1C[C@@H](S(=O)(=O)c2ccc(C)cc2)C(=O)N(Cc2ccccc2)C1O. The average molecular weight is 389 g/mol. The molecule has 3 rings (SSSR count). The minimum Gasteiger partial charge on any atom is -0.377 e. The van der Waals surface area contributed by atoms with Gasteiger partial charge < -0.3 is 14.7 Å². The van der Waals surface area contributed by atoms with Crippen LogP contribution >= 0.6 is 0 Å². The van der Waals surface area contributed by atoms with Gasteiger partial charge in [-0.3, -0.25) is 4.79 Å².